The van der Waals surface area contributed by atoms with Gasteiger partial charge in [0, 0.05) is 7.05 Å². The number of rotatable bonds is 3. The monoisotopic (exact) mass is 408 g/mol. The van der Waals surface area contributed by atoms with Crippen LogP contribution in [0.4, 0.5) is 23.7 Å². The first-order valence-corrected chi connectivity index (χ1v) is 8.46. The number of halogens is 3. The number of amides is 3. The van der Waals surface area contributed by atoms with Gasteiger partial charge in [-0.15, -0.1) is 0 Å². The van der Waals surface area contributed by atoms with Gasteiger partial charge in [-0.3, -0.25) is 15.0 Å². The molecule has 0 aliphatic heterocycles. The van der Waals surface area contributed by atoms with Gasteiger partial charge in [0.1, 0.15) is 11.4 Å². The third-order valence-electron chi connectivity index (χ3n) is 3.66. The van der Waals surface area contributed by atoms with Crippen LogP contribution in [-0.4, -0.2) is 30.6 Å². The summed E-state index contributed by atoms with van der Waals surface area (Å²) in [6.45, 7) is 4.98. The number of urea groups is 1. The second kappa shape index (κ2) is 8.34. The topological polar surface area (TPSA) is 75.7 Å². The summed E-state index contributed by atoms with van der Waals surface area (Å²) in [5, 5.41) is 1.84. The maximum atomic E-state index is 14.4. The fourth-order valence-corrected chi connectivity index (χ4v) is 2.28. The van der Waals surface area contributed by atoms with Gasteiger partial charge in [-0.05, 0) is 51.1 Å². The zero-order valence-electron chi connectivity index (χ0n) is 16.2. The Hall–Kier alpha value is -3.36. The van der Waals surface area contributed by atoms with Crippen molar-refractivity contribution in [3.05, 3.63) is 65.0 Å². The molecule has 3 amide bonds. The quantitative estimate of drug-likeness (QED) is 0.778. The molecule has 9 heteroatoms. The standard InChI is InChI=1S/C20H19F3N2O4/c1-20(2,3)29-18(27)11-8-9-15(14(22)10-11)25(4)19(28)24-17(26)12-6-5-7-13(21)16(12)23/h5-10H,1-4H3,(H,24,26,28). The van der Waals surface area contributed by atoms with E-state index in [-0.39, 0.29) is 11.3 Å². The van der Waals surface area contributed by atoms with Gasteiger partial charge in [0.25, 0.3) is 5.91 Å². The molecule has 29 heavy (non-hydrogen) atoms. The molecule has 0 radical (unpaired) electrons. The maximum Gasteiger partial charge on any atom is 0.338 e. The van der Waals surface area contributed by atoms with Crippen molar-refractivity contribution < 1.29 is 32.3 Å². The van der Waals surface area contributed by atoms with Crippen LogP contribution < -0.4 is 10.2 Å². The van der Waals surface area contributed by atoms with Crippen LogP contribution in [0.15, 0.2) is 36.4 Å². The van der Waals surface area contributed by atoms with E-state index >= 15 is 0 Å². The van der Waals surface area contributed by atoms with Gasteiger partial charge in [-0.1, -0.05) is 6.07 Å². The zero-order valence-corrected chi connectivity index (χ0v) is 16.2. The SMILES string of the molecule is CN(C(=O)NC(=O)c1cccc(F)c1F)c1ccc(C(=O)OC(C)(C)C)cc1F. The van der Waals surface area contributed by atoms with Gasteiger partial charge in [0.05, 0.1) is 16.8 Å². The number of carbonyl (C=O) groups is 3. The lowest BCUT2D eigenvalue weighted by molar-refractivity contribution is 0.00689. The van der Waals surface area contributed by atoms with E-state index in [1.807, 2.05) is 5.32 Å². The predicted molar refractivity (Wildman–Crippen MR) is 99.2 cm³/mol. The summed E-state index contributed by atoms with van der Waals surface area (Å²) >= 11 is 0. The van der Waals surface area contributed by atoms with Crippen molar-refractivity contribution in [1.29, 1.82) is 0 Å². The van der Waals surface area contributed by atoms with Crippen LogP contribution in [0.3, 0.4) is 0 Å². The highest BCUT2D eigenvalue weighted by molar-refractivity contribution is 6.08. The fraction of sp³-hybridized carbons (Fsp3) is 0.250. The van der Waals surface area contributed by atoms with Crippen LogP contribution in [0.2, 0.25) is 0 Å². The maximum absolute atomic E-state index is 14.4. The molecule has 154 valence electrons. The Morgan fingerprint density at radius 2 is 1.66 bits per heavy atom. The van der Waals surface area contributed by atoms with Crippen molar-refractivity contribution in [1.82, 2.24) is 5.32 Å². The van der Waals surface area contributed by atoms with Crippen molar-refractivity contribution >= 4 is 23.6 Å². The molecule has 1 N–H and O–H groups in total. The number of ether oxygens (including phenoxy) is 1. The summed E-state index contributed by atoms with van der Waals surface area (Å²) in [6.07, 6.45) is 0. The first-order valence-electron chi connectivity index (χ1n) is 8.46. The number of esters is 1. The second-order valence-corrected chi connectivity index (χ2v) is 7.09. The molecule has 0 atom stereocenters. The van der Waals surface area contributed by atoms with Crippen LogP contribution in [0.25, 0.3) is 0 Å². The van der Waals surface area contributed by atoms with E-state index in [1.54, 1.807) is 20.8 Å². The normalized spacial score (nSPS) is 11.0. The number of hydrogen-bond acceptors (Lipinski definition) is 4. The van der Waals surface area contributed by atoms with Gasteiger partial charge in [0.2, 0.25) is 0 Å². The molecule has 0 fully saturated rings. The van der Waals surface area contributed by atoms with Crippen LogP contribution in [-0.2, 0) is 4.74 Å². The predicted octanol–water partition coefficient (Wildman–Crippen LogP) is 4.05. The highest BCUT2D eigenvalue weighted by Gasteiger charge is 2.23. The van der Waals surface area contributed by atoms with Crippen molar-refractivity contribution in [2.75, 3.05) is 11.9 Å². The summed E-state index contributed by atoms with van der Waals surface area (Å²) in [6, 6.07) is 5.14. The third-order valence-corrected chi connectivity index (χ3v) is 3.66. The van der Waals surface area contributed by atoms with Gasteiger partial charge in [0.15, 0.2) is 11.6 Å². The minimum Gasteiger partial charge on any atom is -0.456 e. The summed E-state index contributed by atoms with van der Waals surface area (Å²) in [4.78, 5) is 37.0. The smallest absolute Gasteiger partial charge is 0.338 e. The average molecular weight is 408 g/mol. The van der Waals surface area contributed by atoms with E-state index in [0.29, 0.717) is 0 Å². The minimum absolute atomic E-state index is 0.0621. The molecule has 0 saturated carbocycles. The number of anilines is 1. The number of nitrogens with one attached hydrogen (secondary N) is 1. The van der Waals surface area contributed by atoms with Gasteiger partial charge < -0.3 is 4.74 Å². The largest absolute Gasteiger partial charge is 0.456 e. The highest BCUT2D eigenvalue weighted by atomic mass is 19.2. The number of carbonyl (C=O) groups excluding carboxylic acids is 3. The zero-order chi connectivity index (χ0) is 21.9. The van der Waals surface area contributed by atoms with E-state index < -0.39 is 46.5 Å². The number of imide groups is 1. The third kappa shape index (κ3) is 5.34. The Balaban J connectivity index is 2.16. The molecule has 2 aromatic carbocycles. The summed E-state index contributed by atoms with van der Waals surface area (Å²) in [7, 11) is 1.16. The molecular formula is C20H19F3N2O4. The molecule has 0 unspecified atom stereocenters. The molecular weight excluding hydrogens is 389 g/mol. The van der Waals surface area contributed by atoms with Crippen LogP contribution >= 0.6 is 0 Å². The summed E-state index contributed by atoms with van der Waals surface area (Å²) < 4.78 is 46.4. The Morgan fingerprint density at radius 3 is 2.24 bits per heavy atom. The Kier molecular flexibility index (Phi) is 6.31. The first-order chi connectivity index (χ1) is 13.4. The van der Waals surface area contributed by atoms with Crippen LogP contribution in [0, 0.1) is 17.5 Å². The number of benzene rings is 2. The number of nitrogens with zero attached hydrogens (tertiary/aromatic N) is 1. The molecule has 0 aromatic heterocycles. The molecule has 0 bridgehead atoms. The molecule has 0 aliphatic carbocycles. The second-order valence-electron chi connectivity index (χ2n) is 7.09. The minimum atomic E-state index is -1.41. The molecule has 6 nitrogen and oxygen atoms in total. The lowest BCUT2D eigenvalue weighted by Crippen LogP contribution is -2.41. The molecule has 2 rings (SSSR count). The van der Waals surface area contributed by atoms with Gasteiger partial charge in [-0.2, -0.15) is 0 Å². The number of hydrogen-bond donors (Lipinski definition) is 1. The van der Waals surface area contributed by atoms with E-state index in [1.165, 1.54) is 6.07 Å². The highest BCUT2D eigenvalue weighted by Crippen LogP contribution is 2.21. The van der Waals surface area contributed by atoms with E-state index in [2.05, 4.69) is 0 Å². The molecule has 0 aliphatic rings. The van der Waals surface area contributed by atoms with E-state index in [4.69, 9.17) is 4.74 Å². The van der Waals surface area contributed by atoms with Gasteiger partial charge in [-0.25, -0.2) is 22.8 Å². The average Bonchev–Trinajstić information content (AvgIpc) is 2.61. The van der Waals surface area contributed by atoms with Crippen LogP contribution in [0.5, 0.6) is 0 Å². The Labute approximate surface area is 165 Å². The molecule has 0 heterocycles. The molecule has 0 saturated heterocycles. The molecule has 0 spiro atoms. The van der Waals surface area contributed by atoms with E-state index in [0.717, 1.165) is 42.3 Å². The summed E-state index contributed by atoms with van der Waals surface area (Å²) in [5.74, 6) is -5.51. The Morgan fingerprint density at radius 1 is 1.00 bits per heavy atom. The van der Waals surface area contributed by atoms with Crippen molar-refractivity contribution in [2.45, 2.75) is 26.4 Å². The lowest BCUT2D eigenvalue weighted by Gasteiger charge is -2.21. The first kappa shape index (κ1) is 21.9. The van der Waals surface area contributed by atoms with E-state index in [9.17, 15) is 27.6 Å². The Bertz CT molecular complexity index is 971. The molecule has 2 aromatic rings. The summed E-state index contributed by atoms with van der Waals surface area (Å²) in [5.41, 5.74) is -1.75. The van der Waals surface area contributed by atoms with Crippen molar-refractivity contribution in [2.24, 2.45) is 0 Å². The van der Waals surface area contributed by atoms with Gasteiger partial charge >= 0.3 is 12.0 Å². The fourth-order valence-electron chi connectivity index (χ4n) is 2.28. The van der Waals surface area contributed by atoms with Crippen LogP contribution in [0.1, 0.15) is 41.5 Å². The van der Waals surface area contributed by atoms with Crippen molar-refractivity contribution in [3.63, 3.8) is 0 Å². The lowest BCUT2D eigenvalue weighted by atomic mass is 10.1. The van der Waals surface area contributed by atoms with Crippen molar-refractivity contribution in [3.8, 4) is 0 Å².